The first kappa shape index (κ1) is 19.7. The molecule has 2 aromatic carbocycles. The number of amides is 1. The summed E-state index contributed by atoms with van der Waals surface area (Å²) >= 11 is 1.29. The molecule has 8 heteroatoms. The van der Waals surface area contributed by atoms with Crippen molar-refractivity contribution in [3.05, 3.63) is 84.7 Å². The Labute approximate surface area is 177 Å². The van der Waals surface area contributed by atoms with E-state index in [1.54, 1.807) is 24.3 Å². The molecule has 2 heterocycles. The highest BCUT2D eigenvalue weighted by Gasteiger charge is 2.17. The molecule has 0 spiro atoms. The average Bonchev–Trinajstić information content (AvgIpc) is 3.42. The van der Waals surface area contributed by atoms with Crippen molar-refractivity contribution in [1.29, 1.82) is 0 Å². The van der Waals surface area contributed by atoms with E-state index in [9.17, 15) is 9.59 Å². The lowest BCUT2D eigenvalue weighted by Gasteiger charge is -2.11. The molecule has 0 aliphatic rings. The van der Waals surface area contributed by atoms with E-state index in [1.165, 1.54) is 18.7 Å². The van der Waals surface area contributed by atoms with E-state index in [-0.39, 0.29) is 17.4 Å². The Morgan fingerprint density at radius 1 is 0.967 bits per heavy atom. The number of aromatic nitrogens is 4. The second-order valence-electron chi connectivity index (χ2n) is 6.52. The summed E-state index contributed by atoms with van der Waals surface area (Å²) in [5.41, 5.74) is 2.07. The van der Waals surface area contributed by atoms with Crippen molar-refractivity contribution in [2.24, 2.45) is 0 Å². The van der Waals surface area contributed by atoms with Crippen molar-refractivity contribution < 1.29 is 9.59 Å². The summed E-state index contributed by atoms with van der Waals surface area (Å²) in [4.78, 5) is 24.0. The van der Waals surface area contributed by atoms with Gasteiger partial charge in [-0.3, -0.25) is 14.3 Å². The molecule has 0 saturated carbocycles. The van der Waals surface area contributed by atoms with E-state index in [0.717, 1.165) is 5.56 Å². The van der Waals surface area contributed by atoms with Gasteiger partial charge >= 0.3 is 0 Å². The average molecular weight is 417 g/mol. The summed E-state index contributed by atoms with van der Waals surface area (Å²) in [6.45, 7) is 1.50. The van der Waals surface area contributed by atoms with Crippen LogP contribution in [0.2, 0.25) is 0 Å². The van der Waals surface area contributed by atoms with E-state index in [2.05, 4.69) is 15.5 Å². The molecule has 0 saturated heterocycles. The summed E-state index contributed by atoms with van der Waals surface area (Å²) in [6, 6.07) is 20.5. The predicted molar refractivity (Wildman–Crippen MR) is 116 cm³/mol. The first-order valence-corrected chi connectivity index (χ1v) is 10.3. The number of hydrogen-bond acceptors (Lipinski definition) is 5. The van der Waals surface area contributed by atoms with Gasteiger partial charge in [0, 0.05) is 29.2 Å². The van der Waals surface area contributed by atoms with Crippen LogP contribution in [0.15, 0.2) is 84.3 Å². The van der Waals surface area contributed by atoms with Gasteiger partial charge in [0.1, 0.15) is 0 Å². The maximum atomic E-state index is 12.5. The molecule has 0 aliphatic heterocycles. The van der Waals surface area contributed by atoms with Crippen LogP contribution in [-0.2, 0) is 4.79 Å². The van der Waals surface area contributed by atoms with Gasteiger partial charge in [-0.25, -0.2) is 4.68 Å². The minimum absolute atomic E-state index is 0.0475. The zero-order valence-electron chi connectivity index (χ0n) is 16.2. The van der Waals surface area contributed by atoms with E-state index < -0.39 is 0 Å². The van der Waals surface area contributed by atoms with Gasteiger partial charge in [-0.2, -0.15) is 0 Å². The fourth-order valence-corrected chi connectivity index (χ4v) is 3.67. The molecule has 0 fully saturated rings. The van der Waals surface area contributed by atoms with Crippen LogP contribution in [0.25, 0.3) is 11.4 Å². The van der Waals surface area contributed by atoms with Gasteiger partial charge in [0.05, 0.1) is 5.75 Å². The van der Waals surface area contributed by atoms with Crippen molar-refractivity contribution in [1.82, 2.24) is 19.5 Å². The normalized spacial score (nSPS) is 10.7. The number of carbonyl (C=O) groups is 2. The SMILES string of the molecule is CC(=O)c1cccc(NC(=O)CSc2nnc(-c3ccccc3)n2-n2cccc2)c1. The maximum absolute atomic E-state index is 12.5. The Kier molecular flexibility index (Phi) is 5.76. The molecular weight excluding hydrogens is 398 g/mol. The van der Waals surface area contributed by atoms with Crippen molar-refractivity contribution in [3.8, 4) is 11.4 Å². The molecule has 0 unspecified atom stereocenters. The Hall–Kier alpha value is -3.65. The number of carbonyl (C=O) groups excluding carboxylic acids is 2. The van der Waals surface area contributed by atoms with E-state index in [0.29, 0.717) is 22.2 Å². The van der Waals surface area contributed by atoms with Gasteiger partial charge in [-0.05, 0) is 31.2 Å². The molecule has 0 atom stereocenters. The molecule has 30 heavy (non-hydrogen) atoms. The van der Waals surface area contributed by atoms with E-state index in [1.807, 2.05) is 64.2 Å². The number of ketones is 1. The molecule has 0 radical (unpaired) electrons. The first-order chi connectivity index (χ1) is 14.6. The lowest BCUT2D eigenvalue weighted by Crippen LogP contribution is -2.16. The standard InChI is InChI=1S/C22H19N5O2S/c1-16(28)18-10-7-11-19(14-18)23-20(29)15-30-22-25-24-21(17-8-3-2-4-9-17)27(22)26-12-5-6-13-26/h2-14H,15H2,1H3,(H,23,29). The van der Waals surface area contributed by atoms with Crippen LogP contribution < -0.4 is 5.32 Å². The third kappa shape index (κ3) is 4.33. The number of anilines is 1. The van der Waals surface area contributed by atoms with E-state index in [4.69, 9.17) is 0 Å². The highest BCUT2D eigenvalue weighted by Crippen LogP contribution is 2.24. The van der Waals surface area contributed by atoms with E-state index >= 15 is 0 Å². The Balaban J connectivity index is 1.52. The van der Waals surface area contributed by atoms with Crippen LogP contribution >= 0.6 is 11.8 Å². The fraction of sp³-hybridized carbons (Fsp3) is 0.0909. The summed E-state index contributed by atoms with van der Waals surface area (Å²) < 4.78 is 3.74. The second kappa shape index (κ2) is 8.79. The number of nitrogens with one attached hydrogen (secondary N) is 1. The number of hydrogen-bond donors (Lipinski definition) is 1. The number of benzene rings is 2. The fourth-order valence-electron chi connectivity index (χ4n) is 2.93. The van der Waals surface area contributed by atoms with Crippen LogP contribution in [0.4, 0.5) is 5.69 Å². The zero-order valence-corrected chi connectivity index (χ0v) is 17.0. The number of thioether (sulfide) groups is 1. The minimum atomic E-state index is -0.191. The first-order valence-electron chi connectivity index (χ1n) is 9.30. The number of rotatable bonds is 7. The van der Waals surface area contributed by atoms with Gasteiger partial charge in [0.2, 0.25) is 11.1 Å². The molecule has 0 bridgehead atoms. The molecule has 4 aromatic rings. The minimum Gasteiger partial charge on any atom is -0.325 e. The lowest BCUT2D eigenvalue weighted by molar-refractivity contribution is -0.113. The predicted octanol–water partition coefficient (Wildman–Crippen LogP) is 3.99. The third-order valence-electron chi connectivity index (χ3n) is 4.35. The molecule has 2 aromatic heterocycles. The Morgan fingerprint density at radius 3 is 2.47 bits per heavy atom. The summed E-state index contributed by atoms with van der Waals surface area (Å²) in [5, 5.41) is 12.1. The molecule has 1 amide bonds. The number of Topliss-reactive ketones (excluding diaryl/α,β-unsaturated/α-hetero) is 1. The molecular formula is C22H19N5O2S. The van der Waals surface area contributed by atoms with Crippen LogP contribution in [0.5, 0.6) is 0 Å². The van der Waals surface area contributed by atoms with Gasteiger partial charge in [0.15, 0.2) is 11.6 Å². The Morgan fingerprint density at radius 2 is 1.73 bits per heavy atom. The van der Waals surface area contributed by atoms with Crippen LogP contribution in [0.1, 0.15) is 17.3 Å². The zero-order chi connectivity index (χ0) is 20.9. The summed E-state index contributed by atoms with van der Waals surface area (Å²) in [5.74, 6) is 0.597. The summed E-state index contributed by atoms with van der Waals surface area (Å²) in [7, 11) is 0. The molecule has 4 rings (SSSR count). The smallest absolute Gasteiger partial charge is 0.234 e. The number of nitrogens with zero attached hydrogens (tertiary/aromatic N) is 4. The Bertz CT molecular complexity index is 1170. The van der Waals surface area contributed by atoms with Crippen molar-refractivity contribution in [2.45, 2.75) is 12.1 Å². The second-order valence-corrected chi connectivity index (χ2v) is 7.46. The monoisotopic (exact) mass is 417 g/mol. The van der Waals surface area contributed by atoms with Crippen molar-refractivity contribution in [2.75, 3.05) is 11.1 Å². The van der Waals surface area contributed by atoms with Crippen LogP contribution in [0.3, 0.4) is 0 Å². The quantitative estimate of drug-likeness (QED) is 0.363. The molecule has 150 valence electrons. The topological polar surface area (TPSA) is 81.8 Å². The largest absolute Gasteiger partial charge is 0.325 e. The van der Waals surface area contributed by atoms with Crippen molar-refractivity contribution in [3.63, 3.8) is 0 Å². The summed E-state index contributed by atoms with van der Waals surface area (Å²) in [6.07, 6.45) is 3.79. The third-order valence-corrected chi connectivity index (χ3v) is 5.27. The van der Waals surface area contributed by atoms with Gasteiger partial charge in [0.25, 0.3) is 0 Å². The molecule has 0 aliphatic carbocycles. The van der Waals surface area contributed by atoms with Gasteiger partial charge < -0.3 is 5.32 Å². The lowest BCUT2D eigenvalue weighted by atomic mass is 10.1. The van der Waals surface area contributed by atoms with Crippen molar-refractivity contribution >= 4 is 29.1 Å². The van der Waals surface area contributed by atoms with Gasteiger partial charge in [-0.1, -0.05) is 54.2 Å². The molecule has 1 N–H and O–H groups in total. The highest BCUT2D eigenvalue weighted by molar-refractivity contribution is 7.99. The van der Waals surface area contributed by atoms with Gasteiger partial charge in [-0.15, -0.1) is 10.2 Å². The van der Waals surface area contributed by atoms with Crippen LogP contribution in [-0.4, -0.2) is 37.0 Å². The highest BCUT2D eigenvalue weighted by atomic mass is 32.2. The maximum Gasteiger partial charge on any atom is 0.234 e. The van der Waals surface area contributed by atoms with Crippen LogP contribution in [0, 0.1) is 0 Å². The molecule has 7 nitrogen and oxygen atoms in total.